The number of alkyl halides is 1. The molecule has 0 spiro atoms. The molecule has 0 unspecified atom stereocenters. The molecule has 0 saturated heterocycles. The molecule has 1 heteroatoms. The van der Waals surface area contributed by atoms with Crippen molar-refractivity contribution in [3.8, 4) is 0 Å². The number of halogens is 1. The molecule has 0 bridgehead atoms. The topological polar surface area (TPSA) is 0 Å². The Hall–Kier alpha value is -0.300. The predicted molar refractivity (Wildman–Crippen MR) is 62.6 cm³/mol. The zero-order chi connectivity index (χ0) is 9.90. The second-order valence-electron chi connectivity index (χ2n) is 4.35. The summed E-state index contributed by atoms with van der Waals surface area (Å²) in [6, 6.07) is 8.70. The third kappa shape index (κ3) is 2.84. The van der Waals surface area contributed by atoms with E-state index in [0.29, 0.717) is 0 Å². The van der Waals surface area contributed by atoms with Crippen LogP contribution < -0.4 is 0 Å². The van der Waals surface area contributed by atoms with Gasteiger partial charge in [-0.15, -0.1) is 0 Å². The molecule has 0 aliphatic heterocycles. The van der Waals surface area contributed by atoms with Gasteiger partial charge in [0, 0.05) is 5.33 Å². The molecule has 1 rings (SSSR count). The molecular formula is C12H17Br. The van der Waals surface area contributed by atoms with Crippen LogP contribution >= 0.6 is 15.9 Å². The Kier molecular flexibility index (Phi) is 3.55. The summed E-state index contributed by atoms with van der Waals surface area (Å²) in [4.78, 5) is 0. The first-order chi connectivity index (χ1) is 6.05. The van der Waals surface area contributed by atoms with Crippen LogP contribution in [0.4, 0.5) is 0 Å². The fraction of sp³-hybridized carbons (Fsp3) is 0.500. The van der Waals surface area contributed by atoms with Crippen molar-refractivity contribution in [1.29, 1.82) is 0 Å². The standard InChI is InChI=1S/C12H17Br/c1-12(2,3)11-7-5-4-6-10(11)8-9-13/h4-7H,8-9H2,1-3H3. The van der Waals surface area contributed by atoms with Gasteiger partial charge in [0.15, 0.2) is 0 Å². The Morgan fingerprint density at radius 3 is 2.31 bits per heavy atom. The van der Waals surface area contributed by atoms with Crippen molar-refractivity contribution in [2.24, 2.45) is 0 Å². The molecule has 0 aromatic heterocycles. The molecule has 0 atom stereocenters. The molecule has 72 valence electrons. The van der Waals surface area contributed by atoms with Gasteiger partial charge in [0.25, 0.3) is 0 Å². The molecule has 0 saturated carbocycles. The Morgan fingerprint density at radius 1 is 1.15 bits per heavy atom. The maximum absolute atomic E-state index is 3.49. The molecule has 0 fully saturated rings. The fourth-order valence-corrected chi connectivity index (χ4v) is 2.00. The maximum atomic E-state index is 3.49. The lowest BCUT2D eigenvalue weighted by molar-refractivity contribution is 0.583. The SMILES string of the molecule is CC(C)(C)c1ccccc1CCBr. The molecule has 1 aromatic carbocycles. The van der Waals surface area contributed by atoms with E-state index in [1.54, 1.807) is 0 Å². The number of benzene rings is 1. The van der Waals surface area contributed by atoms with Gasteiger partial charge in [-0.1, -0.05) is 61.0 Å². The van der Waals surface area contributed by atoms with Crippen molar-refractivity contribution < 1.29 is 0 Å². The van der Waals surface area contributed by atoms with Gasteiger partial charge < -0.3 is 0 Å². The Bertz CT molecular complexity index is 271. The van der Waals surface area contributed by atoms with Crippen molar-refractivity contribution in [1.82, 2.24) is 0 Å². The molecule has 0 radical (unpaired) electrons. The average Bonchev–Trinajstić information content (AvgIpc) is 2.04. The Morgan fingerprint density at radius 2 is 1.77 bits per heavy atom. The first kappa shape index (κ1) is 10.8. The highest BCUT2D eigenvalue weighted by atomic mass is 79.9. The number of hydrogen-bond donors (Lipinski definition) is 0. The number of hydrogen-bond acceptors (Lipinski definition) is 0. The van der Waals surface area contributed by atoms with Crippen molar-refractivity contribution in [2.75, 3.05) is 5.33 Å². The molecule has 0 aliphatic carbocycles. The van der Waals surface area contributed by atoms with Crippen LogP contribution in [0.1, 0.15) is 31.9 Å². The summed E-state index contributed by atoms with van der Waals surface area (Å²) in [6.07, 6.45) is 1.12. The van der Waals surface area contributed by atoms with Gasteiger partial charge in [0.1, 0.15) is 0 Å². The van der Waals surface area contributed by atoms with Gasteiger partial charge in [0.05, 0.1) is 0 Å². The summed E-state index contributed by atoms with van der Waals surface area (Å²) in [7, 11) is 0. The summed E-state index contributed by atoms with van der Waals surface area (Å²) in [5, 5.41) is 1.04. The zero-order valence-corrected chi connectivity index (χ0v) is 10.2. The van der Waals surface area contributed by atoms with Gasteiger partial charge in [-0.3, -0.25) is 0 Å². The monoisotopic (exact) mass is 240 g/mol. The zero-order valence-electron chi connectivity index (χ0n) is 8.60. The van der Waals surface area contributed by atoms with Crippen LogP contribution in [0.5, 0.6) is 0 Å². The highest BCUT2D eigenvalue weighted by Crippen LogP contribution is 2.26. The van der Waals surface area contributed by atoms with E-state index < -0.39 is 0 Å². The van der Waals surface area contributed by atoms with Crippen molar-refractivity contribution in [3.05, 3.63) is 35.4 Å². The molecule has 13 heavy (non-hydrogen) atoms. The van der Waals surface area contributed by atoms with Crippen LogP contribution in [0.2, 0.25) is 0 Å². The van der Waals surface area contributed by atoms with Crippen molar-refractivity contribution in [2.45, 2.75) is 32.6 Å². The van der Waals surface area contributed by atoms with E-state index in [0.717, 1.165) is 11.8 Å². The summed E-state index contributed by atoms with van der Waals surface area (Å²) in [5.41, 5.74) is 3.19. The third-order valence-electron chi connectivity index (χ3n) is 2.19. The van der Waals surface area contributed by atoms with E-state index in [2.05, 4.69) is 61.0 Å². The first-order valence-electron chi connectivity index (χ1n) is 4.70. The van der Waals surface area contributed by atoms with Crippen LogP contribution in [0.3, 0.4) is 0 Å². The summed E-state index contributed by atoms with van der Waals surface area (Å²) in [6.45, 7) is 6.79. The molecule has 0 heterocycles. The van der Waals surface area contributed by atoms with Crippen molar-refractivity contribution >= 4 is 15.9 Å². The smallest absolute Gasteiger partial charge is 0.00719 e. The highest BCUT2D eigenvalue weighted by Gasteiger charge is 2.16. The normalized spacial score (nSPS) is 11.7. The second kappa shape index (κ2) is 4.28. The van der Waals surface area contributed by atoms with E-state index in [4.69, 9.17) is 0 Å². The van der Waals surface area contributed by atoms with E-state index in [9.17, 15) is 0 Å². The Labute approximate surface area is 89.5 Å². The van der Waals surface area contributed by atoms with Gasteiger partial charge in [-0.2, -0.15) is 0 Å². The van der Waals surface area contributed by atoms with Gasteiger partial charge in [-0.05, 0) is 23.0 Å². The summed E-state index contributed by atoms with van der Waals surface area (Å²) >= 11 is 3.49. The Balaban J connectivity index is 3.05. The van der Waals surface area contributed by atoms with Crippen LogP contribution in [0, 0.1) is 0 Å². The average molecular weight is 241 g/mol. The molecule has 0 nitrogen and oxygen atoms in total. The second-order valence-corrected chi connectivity index (χ2v) is 5.14. The van der Waals surface area contributed by atoms with Crippen LogP contribution in [-0.4, -0.2) is 5.33 Å². The van der Waals surface area contributed by atoms with Crippen molar-refractivity contribution in [3.63, 3.8) is 0 Å². The van der Waals surface area contributed by atoms with Gasteiger partial charge in [-0.25, -0.2) is 0 Å². The van der Waals surface area contributed by atoms with Crippen LogP contribution in [0.15, 0.2) is 24.3 Å². The quantitative estimate of drug-likeness (QED) is 0.688. The van der Waals surface area contributed by atoms with E-state index in [1.807, 2.05) is 0 Å². The fourth-order valence-electron chi connectivity index (χ4n) is 1.57. The highest BCUT2D eigenvalue weighted by molar-refractivity contribution is 9.09. The lowest BCUT2D eigenvalue weighted by Crippen LogP contribution is -2.14. The largest absolute Gasteiger partial charge is 0.0924 e. The molecule has 0 amide bonds. The lowest BCUT2D eigenvalue weighted by Gasteiger charge is -2.22. The molecule has 0 aliphatic rings. The first-order valence-corrected chi connectivity index (χ1v) is 5.82. The maximum Gasteiger partial charge on any atom is 0.00719 e. The molecular weight excluding hydrogens is 224 g/mol. The minimum Gasteiger partial charge on any atom is -0.0924 e. The number of aryl methyl sites for hydroxylation is 1. The number of rotatable bonds is 2. The lowest BCUT2D eigenvalue weighted by atomic mass is 9.83. The van der Waals surface area contributed by atoms with E-state index >= 15 is 0 Å². The van der Waals surface area contributed by atoms with Crippen LogP contribution in [0.25, 0.3) is 0 Å². The van der Waals surface area contributed by atoms with Gasteiger partial charge >= 0.3 is 0 Å². The van der Waals surface area contributed by atoms with E-state index in [1.165, 1.54) is 11.1 Å². The molecule has 0 N–H and O–H groups in total. The predicted octanol–water partition coefficient (Wildman–Crippen LogP) is 3.92. The summed E-state index contributed by atoms with van der Waals surface area (Å²) in [5.74, 6) is 0. The third-order valence-corrected chi connectivity index (χ3v) is 2.59. The van der Waals surface area contributed by atoms with Gasteiger partial charge in [0.2, 0.25) is 0 Å². The minimum atomic E-state index is 0.263. The summed E-state index contributed by atoms with van der Waals surface area (Å²) < 4.78 is 0. The van der Waals surface area contributed by atoms with Crippen LogP contribution in [-0.2, 0) is 11.8 Å². The molecule has 1 aromatic rings. The van der Waals surface area contributed by atoms with E-state index in [-0.39, 0.29) is 5.41 Å². The minimum absolute atomic E-state index is 0.263.